The van der Waals surface area contributed by atoms with Gasteiger partial charge in [0.25, 0.3) is 5.24 Å². The second-order valence-corrected chi connectivity index (χ2v) is 6.46. The molecular formula is C17H15N3O4S. The molecule has 1 saturated heterocycles. The lowest BCUT2D eigenvalue weighted by atomic mass is 10.1. The SMILES string of the molecule is O=C1NC(=O)C(Cc2ccc(OCC(=NO)c3ccccn3)cc2)S1. The van der Waals surface area contributed by atoms with Crippen molar-refractivity contribution in [3.63, 3.8) is 0 Å². The Labute approximate surface area is 148 Å². The molecule has 2 heterocycles. The highest BCUT2D eigenvalue weighted by atomic mass is 32.2. The third kappa shape index (κ3) is 4.36. The molecule has 2 amide bonds. The number of nitrogens with one attached hydrogen (secondary N) is 1. The molecule has 1 aliphatic rings. The fourth-order valence-electron chi connectivity index (χ4n) is 2.30. The van der Waals surface area contributed by atoms with Crippen molar-refractivity contribution in [2.75, 3.05) is 6.61 Å². The van der Waals surface area contributed by atoms with E-state index in [1.807, 2.05) is 12.1 Å². The van der Waals surface area contributed by atoms with Crippen molar-refractivity contribution in [2.24, 2.45) is 5.16 Å². The molecule has 1 fully saturated rings. The molecular weight excluding hydrogens is 342 g/mol. The predicted molar refractivity (Wildman–Crippen MR) is 93.1 cm³/mol. The summed E-state index contributed by atoms with van der Waals surface area (Å²) in [5.74, 6) is 0.343. The van der Waals surface area contributed by atoms with Gasteiger partial charge in [0.15, 0.2) is 0 Å². The first-order valence-electron chi connectivity index (χ1n) is 7.51. The molecule has 0 aliphatic carbocycles. The average molecular weight is 357 g/mol. The van der Waals surface area contributed by atoms with Gasteiger partial charge in [-0.3, -0.25) is 19.9 Å². The van der Waals surface area contributed by atoms with Crippen LogP contribution in [0.4, 0.5) is 4.79 Å². The maximum Gasteiger partial charge on any atom is 0.286 e. The van der Waals surface area contributed by atoms with Crippen LogP contribution in [0.2, 0.25) is 0 Å². The van der Waals surface area contributed by atoms with E-state index in [9.17, 15) is 9.59 Å². The highest BCUT2D eigenvalue weighted by Crippen LogP contribution is 2.23. The summed E-state index contributed by atoms with van der Waals surface area (Å²) in [4.78, 5) is 26.9. The molecule has 1 unspecified atom stereocenters. The summed E-state index contributed by atoms with van der Waals surface area (Å²) in [5, 5.41) is 13.9. The molecule has 1 aromatic heterocycles. The van der Waals surface area contributed by atoms with Gasteiger partial charge in [-0.15, -0.1) is 0 Å². The molecule has 0 saturated carbocycles. The molecule has 2 aromatic rings. The average Bonchev–Trinajstić information content (AvgIpc) is 2.95. The first-order valence-corrected chi connectivity index (χ1v) is 8.39. The van der Waals surface area contributed by atoms with E-state index in [2.05, 4.69) is 15.5 Å². The normalized spacial score (nSPS) is 17.4. The molecule has 1 atom stereocenters. The molecule has 3 rings (SSSR count). The zero-order valence-electron chi connectivity index (χ0n) is 13.1. The fourth-order valence-corrected chi connectivity index (χ4v) is 3.16. The van der Waals surface area contributed by atoms with E-state index in [0.29, 0.717) is 23.6 Å². The van der Waals surface area contributed by atoms with Gasteiger partial charge >= 0.3 is 0 Å². The van der Waals surface area contributed by atoms with Crippen LogP contribution in [0.1, 0.15) is 11.3 Å². The van der Waals surface area contributed by atoms with E-state index in [-0.39, 0.29) is 17.8 Å². The lowest BCUT2D eigenvalue weighted by molar-refractivity contribution is -0.118. The third-order valence-corrected chi connectivity index (χ3v) is 4.55. The minimum Gasteiger partial charge on any atom is -0.487 e. The second-order valence-electron chi connectivity index (χ2n) is 5.28. The van der Waals surface area contributed by atoms with E-state index >= 15 is 0 Å². The molecule has 128 valence electrons. The number of imide groups is 1. The van der Waals surface area contributed by atoms with Crippen LogP contribution in [0.5, 0.6) is 5.75 Å². The molecule has 2 N–H and O–H groups in total. The number of benzene rings is 1. The van der Waals surface area contributed by atoms with Crippen molar-refractivity contribution in [1.82, 2.24) is 10.3 Å². The maximum absolute atomic E-state index is 11.6. The van der Waals surface area contributed by atoms with E-state index in [1.165, 1.54) is 0 Å². The molecule has 0 spiro atoms. The van der Waals surface area contributed by atoms with Crippen LogP contribution >= 0.6 is 11.8 Å². The number of carbonyl (C=O) groups excluding carboxylic acids is 2. The number of thioether (sulfide) groups is 1. The van der Waals surface area contributed by atoms with Crippen LogP contribution in [0.15, 0.2) is 53.8 Å². The summed E-state index contributed by atoms with van der Waals surface area (Å²) in [6.45, 7) is 0.0717. The van der Waals surface area contributed by atoms with Gasteiger partial charge in [0.1, 0.15) is 18.1 Å². The van der Waals surface area contributed by atoms with Crippen LogP contribution < -0.4 is 10.1 Å². The van der Waals surface area contributed by atoms with Crippen LogP contribution in [0.25, 0.3) is 0 Å². The third-order valence-electron chi connectivity index (χ3n) is 3.57. The van der Waals surface area contributed by atoms with Crippen LogP contribution in [-0.2, 0) is 11.2 Å². The summed E-state index contributed by atoms with van der Waals surface area (Å²) >= 11 is 1.01. The van der Waals surface area contributed by atoms with Crippen molar-refractivity contribution < 1.29 is 19.5 Å². The molecule has 7 nitrogen and oxygen atoms in total. The quantitative estimate of drug-likeness (QED) is 0.467. The number of ether oxygens (including phenoxy) is 1. The van der Waals surface area contributed by atoms with Crippen LogP contribution in [-0.4, -0.2) is 38.9 Å². The standard InChI is InChI=1S/C17H15N3O4S/c21-16-15(25-17(22)19-16)9-11-4-6-12(7-5-11)24-10-14(20-23)13-3-1-2-8-18-13/h1-8,15,23H,9-10H2,(H,19,21,22). The number of hydrogen-bond acceptors (Lipinski definition) is 7. The van der Waals surface area contributed by atoms with Crippen molar-refractivity contribution in [3.8, 4) is 5.75 Å². The summed E-state index contributed by atoms with van der Waals surface area (Å²) in [5.41, 5.74) is 1.79. The summed E-state index contributed by atoms with van der Waals surface area (Å²) in [7, 11) is 0. The lowest BCUT2D eigenvalue weighted by Crippen LogP contribution is -2.25. The van der Waals surface area contributed by atoms with Gasteiger partial charge in [0, 0.05) is 6.20 Å². The fraction of sp³-hybridized carbons (Fsp3) is 0.176. The number of hydrogen-bond donors (Lipinski definition) is 2. The lowest BCUT2D eigenvalue weighted by Gasteiger charge is -2.09. The second kappa shape index (κ2) is 7.80. The first kappa shape index (κ1) is 17.0. The molecule has 25 heavy (non-hydrogen) atoms. The maximum atomic E-state index is 11.6. The zero-order valence-corrected chi connectivity index (χ0v) is 13.9. The van der Waals surface area contributed by atoms with Crippen LogP contribution in [0.3, 0.4) is 0 Å². The largest absolute Gasteiger partial charge is 0.487 e. The Hall–Kier alpha value is -2.87. The van der Waals surface area contributed by atoms with Crippen molar-refractivity contribution in [3.05, 3.63) is 59.9 Å². The van der Waals surface area contributed by atoms with Crippen molar-refractivity contribution >= 4 is 28.6 Å². The van der Waals surface area contributed by atoms with E-state index in [0.717, 1.165) is 17.3 Å². The van der Waals surface area contributed by atoms with E-state index in [4.69, 9.17) is 9.94 Å². The Kier molecular flexibility index (Phi) is 5.30. The minimum absolute atomic E-state index is 0.0717. The number of carbonyl (C=O) groups is 2. The monoisotopic (exact) mass is 357 g/mol. The van der Waals surface area contributed by atoms with Crippen molar-refractivity contribution in [2.45, 2.75) is 11.7 Å². The summed E-state index contributed by atoms with van der Waals surface area (Å²) in [6, 6.07) is 12.5. The zero-order chi connectivity index (χ0) is 17.6. The number of oxime groups is 1. The molecule has 8 heteroatoms. The Balaban J connectivity index is 1.57. The summed E-state index contributed by atoms with van der Waals surface area (Å²) in [6.07, 6.45) is 2.08. The molecule has 1 aliphatic heterocycles. The van der Waals surface area contributed by atoms with Gasteiger partial charge in [-0.25, -0.2) is 0 Å². The number of nitrogens with zero attached hydrogens (tertiary/aromatic N) is 2. The highest BCUT2D eigenvalue weighted by molar-refractivity contribution is 8.15. The molecule has 0 bridgehead atoms. The Morgan fingerprint density at radius 3 is 2.64 bits per heavy atom. The summed E-state index contributed by atoms with van der Waals surface area (Å²) < 4.78 is 5.61. The smallest absolute Gasteiger partial charge is 0.286 e. The number of rotatable bonds is 6. The highest BCUT2D eigenvalue weighted by Gasteiger charge is 2.31. The number of aromatic nitrogens is 1. The van der Waals surface area contributed by atoms with Gasteiger partial charge in [-0.05, 0) is 36.2 Å². The Bertz CT molecular complexity index is 793. The van der Waals surface area contributed by atoms with E-state index in [1.54, 1.807) is 36.5 Å². The van der Waals surface area contributed by atoms with Gasteiger partial charge in [-0.1, -0.05) is 35.1 Å². The topological polar surface area (TPSA) is 101 Å². The predicted octanol–water partition coefficient (Wildman–Crippen LogP) is 2.23. The first-order chi connectivity index (χ1) is 12.2. The van der Waals surface area contributed by atoms with Gasteiger partial charge in [0.05, 0.1) is 10.9 Å². The van der Waals surface area contributed by atoms with Gasteiger partial charge in [0.2, 0.25) is 5.91 Å². The van der Waals surface area contributed by atoms with Gasteiger partial charge < -0.3 is 9.94 Å². The van der Waals surface area contributed by atoms with Crippen molar-refractivity contribution in [1.29, 1.82) is 0 Å². The van der Waals surface area contributed by atoms with Crippen LogP contribution in [0, 0.1) is 0 Å². The molecule has 1 aromatic carbocycles. The Morgan fingerprint density at radius 2 is 2.04 bits per heavy atom. The number of amides is 2. The minimum atomic E-state index is -0.392. The van der Waals surface area contributed by atoms with E-state index < -0.39 is 5.25 Å². The molecule has 0 radical (unpaired) electrons. The Morgan fingerprint density at radius 1 is 1.24 bits per heavy atom. The number of pyridine rings is 1. The van der Waals surface area contributed by atoms with Gasteiger partial charge in [-0.2, -0.15) is 0 Å².